The van der Waals surface area contributed by atoms with Crippen LogP contribution in [0.25, 0.3) is 10.8 Å². The molecule has 1 heterocycles. The zero-order chi connectivity index (χ0) is 11.5. The van der Waals surface area contributed by atoms with Gasteiger partial charge in [0.05, 0.1) is 6.54 Å². The molecule has 0 unspecified atom stereocenters. The lowest BCUT2D eigenvalue weighted by molar-refractivity contribution is -0.114. The van der Waals surface area contributed by atoms with Crippen LogP contribution in [0.1, 0.15) is 0 Å². The summed E-state index contributed by atoms with van der Waals surface area (Å²) < 4.78 is 0. The van der Waals surface area contributed by atoms with Gasteiger partial charge in [-0.05, 0) is 29.7 Å². The monoisotopic (exact) mass is 217 g/mol. The van der Waals surface area contributed by atoms with Crippen molar-refractivity contribution in [2.45, 2.75) is 0 Å². The molecule has 0 bridgehead atoms. The number of fused-ring (bicyclic) bond motifs is 1. The quantitative estimate of drug-likeness (QED) is 0.681. The first-order valence-electron chi connectivity index (χ1n) is 4.82. The van der Waals surface area contributed by atoms with Crippen molar-refractivity contribution < 1.29 is 4.79 Å². The Morgan fingerprint density at radius 2 is 2.19 bits per heavy atom. The Bertz CT molecular complexity index is 589. The van der Waals surface area contributed by atoms with E-state index < -0.39 is 0 Å². The number of anilines is 1. The Hall–Kier alpha value is -2.14. The number of amides is 1. The number of aromatic nitrogens is 1. The zero-order valence-electron chi connectivity index (χ0n) is 8.49. The predicted molar refractivity (Wildman–Crippen MR) is 62.3 cm³/mol. The summed E-state index contributed by atoms with van der Waals surface area (Å²) in [7, 11) is 0. The van der Waals surface area contributed by atoms with E-state index in [-0.39, 0.29) is 18.0 Å². The minimum absolute atomic E-state index is 0.0621. The average Bonchev–Trinajstić information content (AvgIpc) is 2.29. The lowest BCUT2D eigenvalue weighted by Gasteiger charge is -2.04. The van der Waals surface area contributed by atoms with E-state index in [0.29, 0.717) is 11.1 Å². The highest BCUT2D eigenvalue weighted by molar-refractivity contribution is 5.95. The van der Waals surface area contributed by atoms with Gasteiger partial charge in [-0.3, -0.25) is 9.59 Å². The van der Waals surface area contributed by atoms with E-state index >= 15 is 0 Å². The van der Waals surface area contributed by atoms with Crippen LogP contribution in [-0.4, -0.2) is 17.4 Å². The minimum Gasteiger partial charge on any atom is -0.329 e. The summed E-state index contributed by atoms with van der Waals surface area (Å²) >= 11 is 0. The van der Waals surface area contributed by atoms with Gasteiger partial charge in [0.1, 0.15) is 0 Å². The third-order valence-electron chi connectivity index (χ3n) is 2.24. The Morgan fingerprint density at radius 1 is 1.38 bits per heavy atom. The number of pyridine rings is 1. The van der Waals surface area contributed by atoms with Crippen molar-refractivity contribution in [2.75, 3.05) is 11.9 Å². The number of benzene rings is 1. The molecular formula is C11H11N3O2. The maximum atomic E-state index is 11.4. The van der Waals surface area contributed by atoms with Crippen LogP contribution in [0.3, 0.4) is 0 Å². The molecule has 5 heteroatoms. The van der Waals surface area contributed by atoms with E-state index in [1.807, 2.05) is 0 Å². The Balaban J connectivity index is 2.45. The summed E-state index contributed by atoms with van der Waals surface area (Å²) in [6.45, 7) is -0.0621. The highest BCUT2D eigenvalue weighted by atomic mass is 16.1. The first kappa shape index (κ1) is 10.4. The van der Waals surface area contributed by atoms with Gasteiger partial charge in [0.2, 0.25) is 5.91 Å². The van der Waals surface area contributed by atoms with Crippen LogP contribution < -0.4 is 16.6 Å². The first-order chi connectivity index (χ1) is 7.70. The second kappa shape index (κ2) is 4.16. The van der Waals surface area contributed by atoms with Crippen molar-refractivity contribution in [2.24, 2.45) is 5.73 Å². The third-order valence-corrected chi connectivity index (χ3v) is 2.24. The molecule has 2 rings (SSSR count). The Kier molecular flexibility index (Phi) is 2.70. The molecular weight excluding hydrogens is 206 g/mol. The molecule has 0 radical (unpaired) electrons. The van der Waals surface area contributed by atoms with Gasteiger partial charge in [0, 0.05) is 17.3 Å². The number of nitrogens with one attached hydrogen (secondary N) is 2. The highest BCUT2D eigenvalue weighted by Gasteiger charge is 2.02. The minimum atomic E-state index is -0.260. The molecule has 0 saturated carbocycles. The number of nitrogens with two attached hydrogens (primary N) is 1. The molecule has 0 aliphatic carbocycles. The van der Waals surface area contributed by atoms with E-state index in [2.05, 4.69) is 10.3 Å². The Labute approximate surface area is 91.3 Å². The van der Waals surface area contributed by atoms with E-state index in [1.54, 1.807) is 30.5 Å². The van der Waals surface area contributed by atoms with Crippen LogP contribution in [0.15, 0.2) is 35.3 Å². The van der Waals surface area contributed by atoms with E-state index in [0.717, 1.165) is 5.39 Å². The number of carbonyl (C=O) groups is 1. The molecule has 5 nitrogen and oxygen atoms in total. The van der Waals surface area contributed by atoms with Crippen LogP contribution in [0.5, 0.6) is 0 Å². The lowest BCUT2D eigenvalue weighted by atomic mass is 10.1. The molecule has 82 valence electrons. The highest BCUT2D eigenvalue weighted by Crippen LogP contribution is 2.15. The summed E-state index contributed by atoms with van der Waals surface area (Å²) in [5, 5.41) is 3.99. The number of carbonyl (C=O) groups excluding carboxylic acids is 1. The van der Waals surface area contributed by atoms with Crippen molar-refractivity contribution >= 4 is 22.4 Å². The zero-order valence-corrected chi connectivity index (χ0v) is 8.49. The lowest BCUT2D eigenvalue weighted by Crippen LogP contribution is -2.21. The molecule has 0 aliphatic rings. The van der Waals surface area contributed by atoms with Crippen LogP contribution in [-0.2, 0) is 4.79 Å². The largest absolute Gasteiger partial charge is 0.329 e. The molecule has 4 N–H and O–H groups in total. The molecule has 1 aromatic heterocycles. The smallest absolute Gasteiger partial charge is 0.255 e. The average molecular weight is 217 g/mol. The molecule has 0 fully saturated rings. The summed E-state index contributed by atoms with van der Waals surface area (Å²) in [5.41, 5.74) is 5.68. The van der Waals surface area contributed by atoms with Gasteiger partial charge in [-0.15, -0.1) is 0 Å². The van der Waals surface area contributed by atoms with Crippen LogP contribution in [0.4, 0.5) is 5.69 Å². The van der Waals surface area contributed by atoms with Gasteiger partial charge in [-0.25, -0.2) is 0 Å². The van der Waals surface area contributed by atoms with E-state index in [4.69, 9.17) is 5.73 Å². The number of hydrogen-bond donors (Lipinski definition) is 3. The second-order valence-electron chi connectivity index (χ2n) is 3.36. The predicted octanol–water partition coefficient (Wildman–Crippen LogP) is 0.425. The van der Waals surface area contributed by atoms with Crippen LogP contribution in [0, 0.1) is 0 Å². The molecule has 0 saturated heterocycles. The van der Waals surface area contributed by atoms with Gasteiger partial charge in [-0.1, -0.05) is 0 Å². The third kappa shape index (κ3) is 1.94. The SMILES string of the molecule is NCC(=O)Nc1ccc2c(=O)[nH]ccc2c1. The van der Waals surface area contributed by atoms with Crippen LogP contribution >= 0.6 is 0 Å². The molecule has 1 amide bonds. The molecule has 2 aromatic rings. The summed E-state index contributed by atoms with van der Waals surface area (Å²) in [5.74, 6) is -0.260. The number of aromatic amines is 1. The fourth-order valence-electron chi connectivity index (χ4n) is 1.48. The number of hydrogen-bond acceptors (Lipinski definition) is 3. The van der Waals surface area contributed by atoms with Gasteiger partial charge in [-0.2, -0.15) is 0 Å². The van der Waals surface area contributed by atoms with Crippen molar-refractivity contribution in [3.8, 4) is 0 Å². The molecule has 0 aliphatic heterocycles. The summed E-state index contributed by atoms with van der Waals surface area (Å²) in [6.07, 6.45) is 1.57. The van der Waals surface area contributed by atoms with Gasteiger partial charge in [0.25, 0.3) is 5.56 Å². The summed E-state index contributed by atoms with van der Waals surface area (Å²) in [4.78, 5) is 25.1. The number of H-pyrrole nitrogens is 1. The fourth-order valence-corrected chi connectivity index (χ4v) is 1.48. The molecule has 0 atom stereocenters. The first-order valence-corrected chi connectivity index (χ1v) is 4.82. The second-order valence-corrected chi connectivity index (χ2v) is 3.36. The topological polar surface area (TPSA) is 88.0 Å². The van der Waals surface area contributed by atoms with Crippen molar-refractivity contribution in [3.05, 3.63) is 40.8 Å². The maximum Gasteiger partial charge on any atom is 0.255 e. The normalized spacial score (nSPS) is 10.3. The molecule has 1 aromatic carbocycles. The molecule has 0 spiro atoms. The van der Waals surface area contributed by atoms with E-state index in [1.165, 1.54) is 0 Å². The molecule has 16 heavy (non-hydrogen) atoms. The van der Waals surface area contributed by atoms with Gasteiger partial charge >= 0.3 is 0 Å². The number of rotatable bonds is 2. The maximum absolute atomic E-state index is 11.4. The standard InChI is InChI=1S/C11H11N3O2/c12-6-10(15)14-8-1-2-9-7(5-8)3-4-13-11(9)16/h1-5H,6,12H2,(H,13,16)(H,14,15). The van der Waals surface area contributed by atoms with Crippen molar-refractivity contribution in [1.82, 2.24) is 4.98 Å². The van der Waals surface area contributed by atoms with Crippen molar-refractivity contribution in [1.29, 1.82) is 0 Å². The fraction of sp³-hybridized carbons (Fsp3) is 0.0909. The Morgan fingerprint density at radius 3 is 2.94 bits per heavy atom. The summed E-state index contributed by atoms with van der Waals surface area (Å²) in [6, 6.07) is 6.85. The van der Waals surface area contributed by atoms with Crippen LogP contribution in [0.2, 0.25) is 0 Å². The van der Waals surface area contributed by atoms with Gasteiger partial charge in [0.15, 0.2) is 0 Å². The van der Waals surface area contributed by atoms with Crippen molar-refractivity contribution in [3.63, 3.8) is 0 Å². The van der Waals surface area contributed by atoms with E-state index in [9.17, 15) is 9.59 Å². The van der Waals surface area contributed by atoms with Gasteiger partial charge < -0.3 is 16.0 Å².